The van der Waals surface area contributed by atoms with Gasteiger partial charge in [-0.3, -0.25) is 4.79 Å². The molecule has 1 amide bonds. The van der Waals surface area contributed by atoms with Gasteiger partial charge in [0.15, 0.2) is 5.13 Å². The molecule has 2 N–H and O–H groups in total. The largest absolute Gasteiger partial charge is 0.573 e. The second kappa shape index (κ2) is 9.45. The molecule has 0 aliphatic carbocycles. The lowest BCUT2D eigenvalue weighted by Crippen LogP contribution is -2.36. The molecule has 4 rings (SSSR count). The third kappa shape index (κ3) is 5.89. The SMILES string of the molecule is O=C(Nc1ccc(N2CCOCC2)cc1)c1csc(Nc2ccc(OC(F)(F)F)cc2)n1. The van der Waals surface area contributed by atoms with Gasteiger partial charge in [0.2, 0.25) is 0 Å². The van der Waals surface area contributed by atoms with Crippen LogP contribution in [0.3, 0.4) is 0 Å². The molecule has 3 aromatic rings. The number of carbonyl (C=O) groups is 1. The first-order valence-corrected chi connectivity index (χ1v) is 10.6. The van der Waals surface area contributed by atoms with Crippen molar-refractivity contribution in [1.82, 2.24) is 4.98 Å². The van der Waals surface area contributed by atoms with E-state index in [1.165, 1.54) is 35.6 Å². The smallest absolute Gasteiger partial charge is 0.406 e. The van der Waals surface area contributed by atoms with Gasteiger partial charge in [-0.1, -0.05) is 0 Å². The molecule has 0 bridgehead atoms. The number of thiazole rings is 1. The Morgan fingerprint density at radius 2 is 1.69 bits per heavy atom. The van der Waals surface area contributed by atoms with Crippen LogP contribution in [-0.4, -0.2) is 43.6 Å². The van der Waals surface area contributed by atoms with Crippen LogP contribution in [0, 0.1) is 0 Å². The maximum absolute atomic E-state index is 12.5. The number of hydrogen-bond donors (Lipinski definition) is 2. The molecule has 2 heterocycles. The average molecular weight is 464 g/mol. The fourth-order valence-corrected chi connectivity index (χ4v) is 3.78. The maximum atomic E-state index is 12.5. The summed E-state index contributed by atoms with van der Waals surface area (Å²) in [6.07, 6.45) is -4.74. The maximum Gasteiger partial charge on any atom is 0.573 e. The zero-order valence-electron chi connectivity index (χ0n) is 16.7. The summed E-state index contributed by atoms with van der Waals surface area (Å²) >= 11 is 1.21. The number of carbonyl (C=O) groups excluding carboxylic acids is 1. The van der Waals surface area contributed by atoms with Crippen LogP contribution in [0.1, 0.15) is 10.5 Å². The number of morpholine rings is 1. The second-order valence-corrected chi connectivity index (χ2v) is 7.69. The fourth-order valence-electron chi connectivity index (χ4n) is 3.07. The molecule has 0 radical (unpaired) electrons. The third-order valence-electron chi connectivity index (χ3n) is 4.58. The van der Waals surface area contributed by atoms with Gasteiger partial charge in [-0.05, 0) is 48.5 Å². The summed E-state index contributed by atoms with van der Waals surface area (Å²) in [6.45, 7) is 3.06. The monoisotopic (exact) mass is 464 g/mol. The molecule has 1 aliphatic heterocycles. The van der Waals surface area contributed by atoms with Crippen LogP contribution in [0.15, 0.2) is 53.9 Å². The van der Waals surface area contributed by atoms with Gasteiger partial charge in [0.1, 0.15) is 11.4 Å². The number of benzene rings is 2. The number of ether oxygens (including phenoxy) is 2. The standard InChI is InChI=1S/C21H19F3N4O3S/c22-21(23,24)31-17-7-3-15(4-8-17)26-20-27-18(13-32-20)19(29)25-14-1-5-16(6-2-14)28-9-11-30-12-10-28/h1-8,13H,9-12H2,(H,25,29)(H,26,27). The van der Waals surface area contributed by atoms with Crippen molar-refractivity contribution in [2.24, 2.45) is 0 Å². The number of hydrogen-bond acceptors (Lipinski definition) is 7. The van der Waals surface area contributed by atoms with Crippen molar-refractivity contribution in [3.63, 3.8) is 0 Å². The Hall–Kier alpha value is -3.31. The minimum absolute atomic E-state index is 0.229. The minimum atomic E-state index is -4.74. The van der Waals surface area contributed by atoms with Gasteiger partial charge in [0.25, 0.3) is 5.91 Å². The highest BCUT2D eigenvalue weighted by atomic mass is 32.1. The molecular weight excluding hydrogens is 445 g/mol. The van der Waals surface area contributed by atoms with Crippen molar-refractivity contribution in [1.29, 1.82) is 0 Å². The van der Waals surface area contributed by atoms with Crippen molar-refractivity contribution >= 4 is 39.4 Å². The zero-order valence-corrected chi connectivity index (χ0v) is 17.5. The van der Waals surface area contributed by atoms with Crippen LogP contribution in [-0.2, 0) is 4.74 Å². The number of nitrogens with zero attached hydrogens (tertiary/aromatic N) is 2. The van der Waals surface area contributed by atoms with Gasteiger partial charge >= 0.3 is 6.36 Å². The number of aromatic nitrogens is 1. The Labute approximate surface area is 185 Å². The van der Waals surface area contributed by atoms with Crippen LogP contribution >= 0.6 is 11.3 Å². The van der Waals surface area contributed by atoms with E-state index in [1.54, 1.807) is 5.38 Å². The molecule has 0 atom stereocenters. The topological polar surface area (TPSA) is 75.7 Å². The van der Waals surface area contributed by atoms with E-state index in [2.05, 4.69) is 25.3 Å². The predicted molar refractivity (Wildman–Crippen MR) is 116 cm³/mol. The molecule has 1 aliphatic rings. The predicted octanol–water partition coefficient (Wildman–Crippen LogP) is 4.87. The zero-order chi connectivity index (χ0) is 22.6. The molecule has 1 aromatic heterocycles. The van der Waals surface area contributed by atoms with Crippen molar-refractivity contribution < 1.29 is 27.4 Å². The lowest BCUT2D eigenvalue weighted by Gasteiger charge is -2.28. The third-order valence-corrected chi connectivity index (χ3v) is 5.34. The quantitative estimate of drug-likeness (QED) is 0.542. The van der Waals surface area contributed by atoms with Crippen molar-refractivity contribution in [3.05, 3.63) is 59.6 Å². The number of nitrogens with one attached hydrogen (secondary N) is 2. The van der Waals surface area contributed by atoms with E-state index in [1.807, 2.05) is 24.3 Å². The van der Waals surface area contributed by atoms with Crippen molar-refractivity contribution in [3.8, 4) is 5.75 Å². The van der Waals surface area contributed by atoms with Gasteiger partial charge in [-0.25, -0.2) is 4.98 Å². The highest BCUT2D eigenvalue weighted by molar-refractivity contribution is 7.14. The van der Waals surface area contributed by atoms with E-state index < -0.39 is 6.36 Å². The summed E-state index contributed by atoms with van der Waals surface area (Å²) in [5, 5.41) is 7.79. The molecule has 2 aromatic carbocycles. The van der Waals surface area contributed by atoms with Gasteiger partial charge in [-0.15, -0.1) is 24.5 Å². The van der Waals surface area contributed by atoms with Crippen LogP contribution in [0.2, 0.25) is 0 Å². The Morgan fingerprint density at radius 3 is 2.34 bits per heavy atom. The highest BCUT2D eigenvalue weighted by Gasteiger charge is 2.31. The van der Waals surface area contributed by atoms with E-state index >= 15 is 0 Å². The summed E-state index contributed by atoms with van der Waals surface area (Å²) in [7, 11) is 0. The molecule has 0 spiro atoms. The Bertz CT molecular complexity index is 1050. The lowest BCUT2D eigenvalue weighted by molar-refractivity contribution is -0.274. The molecule has 11 heteroatoms. The second-order valence-electron chi connectivity index (χ2n) is 6.84. The highest BCUT2D eigenvalue weighted by Crippen LogP contribution is 2.27. The number of anilines is 4. The number of alkyl halides is 3. The molecule has 0 unspecified atom stereocenters. The molecule has 7 nitrogen and oxygen atoms in total. The van der Waals surface area contributed by atoms with E-state index in [0.717, 1.165) is 18.8 Å². The first-order valence-electron chi connectivity index (χ1n) is 9.68. The van der Waals surface area contributed by atoms with Crippen molar-refractivity contribution in [2.75, 3.05) is 41.8 Å². The normalized spacial score (nSPS) is 14.2. The summed E-state index contributed by atoms with van der Waals surface area (Å²) in [6, 6.07) is 12.8. The Balaban J connectivity index is 1.33. The van der Waals surface area contributed by atoms with Crippen LogP contribution < -0.4 is 20.3 Å². The van der Waals surface area contributed by atoms with E-state index in [4.69, 9.17) is 4.74 Å². The molecule has 0 saturated carbocycles. The first-order chi connectivity index (χ1) is 15.4. The molecular formula is C21H19F3N4O3S. The van der Waals surface area contributed by atoms with Crippen LogP contribution in [0.5, 0.6) is 5.75 Å². The summed E-state index contributed by atoms with van der Waals surface area (Å²) in [4.78, 5) is 19.0. The minimum Gasteiger partial charge on any atom is -0.406 e. The number of amides is 1. The number of rotatable bonds is 6. The summed E-state index contributed by atoms with van der Waals surface area (Å²) in [5.74, 6) is -0.677. The van der Waals surface area contributed by atoms with Crippen LogP contribution in [0.4, 0.5) is 35.4 Å². The first kappa shape index (κ1) is 21.9. The van der Waals surface area contributed by atoms with Gasteiger partial charge < -0.3 is 25.0 Å². The van der Waals surface area contributed by atoms with Gasteiger partial charge in [0, 0.05) is 35.5 Å². The Morgan fingerprint density at radius 1 is 1.03 bits per heavy atom. The van der Waals surface area contributed by atoms with Crippen LogP contribution in [0.25, 0.3) is 0 Å². The summed E-state index contributed by atoms with van der Waals surface area (Å²) in [5.41, 5.74) is 2.46. The fraction of sp³-hybridized carbons (Fsp3) is 0.238. The van der Waals surface area contributed by atoms with Crippen molar-refractivity contribution in [2.45, 2.75) is 6.36 Å². The molecule has 32 heavy (non-hydrogen) atoms. The molecule has 1 saturated heterocycles. The average Bonchev–Trinajstić information content (AvgIpc) is 3.24. The van der Waals surface area contributed by atoms with E-state index in [0.29, 0.717) is 29.7 Å². The van der Waals surface area contributed by atoms with E-state index in [-0.39, 0.29) is 17.4 Å². The molecule has 1 fully saturated rings. The summed E-state index contributed by atoms with van der Waals surface area (Å²) < 4.78 is 45.9. The van der Waals surface area contributed by atoms with Gasteiger partial charge in [-0.2, -0.15) is 0 Å². The lowest BCUT2D eigenvalue weighted by atomic mass is 10.2. The molecule has 168 valence electrons. The number of halogens is 3. The Kier molecular flexibility index (Phi) is 6.47. The van der Waals surface area contributed by atoms with Gasteiger partial charge in [0.05, 0.1) is 13.2 Å². The van der Waals surface area contributed by atoms with E-state index in [9.17, 15) is 18.0 Å².